The Morgan fingerprint density at radius 1 is 1.00 bits per heavy atom. The van der Waals surface area contributed by atoms with Crippen molar-refractivity contribution >= 4 is 39.4 Å². The van der Waals surface area contributed by atoms with E-state index in [0.717, 1.165) is 22.0 Å². The van der Waals surface area contributed by atoms with E-state index in [-0.39, 0.29) is 18.4 Å². The van der Waals surface area contributed by atoms with Crippen LogP contribution >= 0.6 is 0 Å². The third kappa shape index (κ3) is 3.49. The van der Waals surface area contributed by atoms with Crippen molar-refractivity contribution in [3.63, 3.8) is 0 Å². The zero-order valence-electron chi connectivity index (χ0n) is 17.6. The number of nitriles is 1. The number of fused-ring (bicyclic) bond motifs is 2. The molecule has 1 aromatic heterocycles. The number of hydrogen-bond donors (Lipinski definition) is 2. The molecule has 0 spiro atoms. The second-order valence-electron chi connectivity index (χ2n) is 7.75. The summed E-state index contributed by atoms with van der Waals surface area (Å²) in [5, 5.41) is 10.1. The van der Waals surface area contributed by atoms with Gasteiger partial charge in [-0.15, -0.1) is 0 Å². The molecule has 1 unspecified atom stereocenters. The van der Waals surface area contributed by atoms with Crippen molar-refractivity contribution in [3.8, 4) is 6.07 Å². The van der Waals surface area contributed by atoms with Gasteiger partial charge in [-0.2, -0.15) is 5.26 Å². The van der Waals surface area contributed by atoms with Gasteiger partial charge in [0, 0.05) is 11.6 Å². The predicted octanol–water partition coefficient (Wildman–Crippen LogP) is 4.28. The van der Waals surface area contributed by atoms with Crippen LogP contribution in [0.4, 0.5) is 5.69 Å². The van der Waals surface area contributed by atoms with Crippen molar-refractivity contribution in [1.29, 1.82) is 5.26 Å². The molecule has 5 rings (SSSR count). The summed E-state index contributed by atoms with van der Waals surface area (Å²) >= 11 is 0. The topological polar surface area (TPSA) is 106 Å². The first-order valence-electron chi connectivity index (χ1n) is 10.2. The molecule has 1 aliphatic heterocycles. The van der Waals surface area contributed by atoms with Crippen molar-refractivity contribution in [2.75, 3.05) is 4.72 Å². The molecule has 0 fully saturated rings. The van der Waals surface area contributed by atoms with Crippen molar-refractivity contribution < 1.29 is 13.8 Å². The lowest BCUT2D eigenvalue weighted by molar-refractivity contribution is 0.0642. The monoisotopic (exact) mass is 454 g/mol. The number of amides is 2. The van der Waals surface area contributed by atoms with Crippen molar-refractivity contribution in [1.82, 2.24) is 9.88 Å². The van der Waals surface area contributed by atoms with E-state index in [1.807, 2.05) is 19.1 Å². The van der Waals surface area contributed by atoms with Crippen LogP contribution in [0, 0.1) is 18.3 Å². The summed E-state index contributed by atoms with van der Waals surface area (Å²) < 4.78 is 15.9. The number of rotatable bonds is 5. The number of hydrogen-bond acceptors (Lipinski definition) is 4. The number of nitrogens with one attached hydrogen (secondary N) is 2. The molecule has 1 atom stereocenters. The van der Waals surface area contributed by atoms with E-state index in [4.69, 9.17) is 0 Å². The molecule has 1 aliphatic rings. The molecule has 0 radical (unpaired) electrons. The lowest BCUT2D eigenvalue weighted by Gasteiger charge is -2.14. The molecule has 162 valence electrons. The van der Waals surface area contributed by atoms with E-state index >= 15 is 0 Å². The number of benzene rings is 3. The Morgan fingerprint density at radius 2 is 1.67 bits per heavy atom. The van der Waals surface area contributed by atoms with E-state index in [0.29, 0.717) is 27.3 Å². The maximum atomic E-state index is 12.9. The van der Waals surface area contributed by atoms with Gasteiger partial charge in [-0.25, -0.2) is 4.21 Å². The first-order valence-corrected chi connectivity index (χ1v) is 11.4. The van der Waals surface area contributed by atoms with Crippen LogP contribution in [0.2, 0.25) is 0 Å². The maximum absolute atomic E-state index is 12.9. The number of H-pyrrole nitrogens is 1. The van der Waals surface area contributed by atoms with E-state index < -0.39 is 11.0 Å². The molecule has 2 amide bonds. The van der Waals surface area contributed by atoms with Crippen LogP contribution in [0.15, 0.2) is 71.8 Å². The standard InChI is InChI=1S/C25H18N4O3S/c1-15-6-11-21(23-22(15)17(12-26)13-27-23)28-33(32)18-9-7-16(8-10-18)14-29-24(30)19-4-2-3-5-20(19)25(29)31/h2-11,13,27-28H,14H2,1H3. The van der Waals surface area contributed by atoms with Gasteiger partial charge in [0.05, 0.1) is 39.3 Å². The number of nitrogens with zero attached hydrogens (tertiary/aromatic N) is 2. The normalized spacial score (nSPS) is 13.8. The average molecular weight is 455 g/mol. The highest BCUT2D eigenvalue weighted by molar-refractivity contribution is 7.86. The summed E-state index contributed by atoms with van der Waals surface area (Å²) in [6.45, 7) is 2.07. The van der Waals surface area contributed by atoms with Crippen LogP contribution < -0.4 is 4.72 Å². The highest BCUT2D eigenvalue weighted by Crippen LogP contribution is 2.29. The van der Waals surface area contributed by atoms with Gasteiger partial charge >= 0.3 is 0 Å². The lowest BCUT2D eigenvalue weighted by Crippen LogP contribution is -2.29. The Morgan fingerprint density at radius 3 is 2.30 bits per heavy atom. The molecule has 0 bridgehead atoms. The molecular formula is C25H18N4O3S. The predicted molar refractivity (Wildman–Crippen MR) is 125 cm³/mol. The van der Waals surface area contributed by atoms with E-state index in [1.54, 1.807) is 54.7 Å². The number of aromatic nitrogens is 1. The van der Waals surface area contributed by atoms with Crippen molar-refractivity contribution in [2.24, 2.45) is 0 Å². The van der Waals surface area contributed by atoms with Gasteiger partial charge in [0.1, 0.15) is 17.1 Å². The smallest absolute Gasteiger partial charge is 0.261 e. The second-order valence-corrected chi connectivity index (χ2v) is 8.96. The fraction of sp³-hybridized carbons (Fsp3) is 0.0800. The zero-order valence-corrected chi connectivity index (χ0v) is 18.4. The number of aromatic amines is 1. The third-order valence-electron chi connectivity index (χ3n) is 5.72. The highest BCUT2D eigenvalue weighted by atomic mass is 32.2. The summed E-state index contributed by atoms with van der Waals surface area (Å²) in [5.74, 6) is -0.619. The van der Waals surface area contributed by atoms with E-state index in [1.165, 1.54) is 4.90 Å². The molecular weight excluding hydrogens is 436 g/mol. The van der Waals surface area contributed by atoms with E-state index in [9.17, 15) is 19.1 Å². The first-order chi connectivity index (χ1) is 16.0. The molecule has 0 saturated carbocycles. The van der Waals surface area contributed by atoms with Crippen LogP contribution in [0.3, 0.4) is 0 Å². The Balaban J connectivity index is 1.33. The number of imide groups is 1. The van der Waals surface area contributed by atoms with Gasteiger partial charge < -0.3 is 4.98 Å². The Bertz CT molecular complexity index is 1460. The second kappa shape index (κ2) is 8.04. The molecule has 3 aromatic carbocycles. The summed E-state index contributed by atoms with van der Waals surface area (Å²) in [6, 6.07) is 19.6. The molecule has 33 heavy (non-hydrogen) atoms. The SMILES string of the molecule is Cc1ccc(NS(=O)c2ccc(CN3C(=O)c4ccccc4C3=O)cc2)c2[nH]cc(C#N)c12. The summed E-state index contributed by atoms with van der Waals surface area (Å²) in [4.78, 5) is 30.0. The quantitative estimate of drug-likeness (QED) is 0.439. The van der Waals surface area contributed by atoms with Gasteiger partial charge in [-0.3, -0.25) is 19.2 Å². The van der Waals surface area contributed by atoms with Crippen molar-refractivity contribution in [3.05, 3.63) is 94.7 Å². The Kier molecular flexibility index (Phi) is 5.04. The van der Waals surface area contributed by atoms with Crippen molar-refractivity contribution in [2.45, 2.75) is 18.4 Å². The highest BCUT2D eigenvalue weighted by Gasteiger charge is 2.34. The fourth-order valence-corrected chi connectivity index (χ4v) is 4.91. The number of anilines is 1. The van der Waals surface area contributed by atoms with Crippen LogP contribution in [0.5, 0.6) is 0 Å². The molecule has 0 saturated heterocycles. The van der Waals surface area contributed by atoms with Crippen LogP contribution in [-0.4, -0.2) is 25.9 Å². The summed E-state index contributed by atoms with van der Waals surface area (Å²) in [6.07, 6.45) is 1.64. The fourth-order valence-electron chi connectivity index (χ4n) is 4.04. The lowest BCUT2D eigenvalue weighted by atomic mass is 10.1. The van der Waals surface area contributed by atoms with Crippen LogP contribution in [0.1, 0.15) is 37.4 Å². The number of carbonyl (C=O) groups excluding carboxylic acids is 2. The minimum absolute atomic E-state index is 0.144. The molecule has 4 aromatic rings. The summed E-state index contributed by atoms with van der Waals surface area (Å²) in [5.41, 5.74) is 4.43. The third-order valence-corrected chi connectivity index (χ3v) is 6.83. The molecule has 0 aliphatic carbocycles. The van der Waals surface area contributed by atoms with Gasteiger partial charge in [0.15, 0.2) is 0 Å². The zero-order chi connectivity index (χ0) is 23.1. The van der Waals surface area contributed by atoms with Crippen LogP contribution in [0.25, 0.3) is 10.9 Å². The van der Waals surface area contributed by atoms with Gasteiger partial charge in [0.2, 0.25) is 0 Å². The number of aryl methyl sites for hydroxylation is 1. The summed E-state index contributed by atoms with van der Waals surface area (Å²) in [7, 11) is -1.55. The molecule has 2 N–H and O–H groups in total. The largest absolute Gasteiger partial charge is 0.358 e. The minimum atomic E-state index is -1.55. The van der Waals surface area contributed by atoms with Gasteiger partial charge in [0.25, 0.3) is 11.8 Å². The maximum Gasteiger partial charge on any atom is 0.261 e. The Hall–Kier alpha value is -4.22. The molecule has 8 heteroatoms. The van der Waals surface area contributed by atoms with Crippen LogP contribution in [-0.2, 0) is 17.5 Å². The number of carbonyl (C=O) groups is 2. The molecule has 2 heterocycles. The first kappa shape index (κ1) is 20.7. The van der Waals surface area contributed by atoms with E-state index in [2.05, 4.69) is 15.8 Å². The molecule has 7 nitrogen and oxygen atoms in total. The van der Waals surface area contributed by atoms with Gasteiger partial charge in [-0.05, 0) is 48.4 Å². The minimum Gasteiger partial charge on any atom is -0.358 e. The van der Waals surface area contributed by atoms with Gasteiger partial charge in [-0.1, -0.05) is 30.3 Å². The Labute approximate surface area is 192 Å². The average Bonchev–Trinajstić information content (AvgIpc) is 3.38.